The van der Waals surface area contributed by atoms with Gasteiger partial charge in [0.05, 0.1) is 30.2 Å². The molecule has 3 aromatic rings. The summed E-state index contributed by atoms with van der Waals surface area (Å²) in [5, 5.41) is 6.45. The van der Waals surface area contributed by atoms with E-state index in [-0.39, 0.29) is 43.6 Å². The molecule has 0 spiro atoms. The monoisotopic (exact) mass is 752 g/mol. The van der Waals surface area contributed by atoms with E-state index in [1.54, 1.807) is 26.0 Å². The molecule has 1 aliphatic heterocycles. The number of pyridine rings is 1. The van der Waals surface area contributed by atoms with Gasteiger partial charge in [-0.05, 0) is 56.6 Å². The van der Waals surface area contributed by atoms with E-state index in [2.05, 4.69) is 23.9 Å². The fourth-order valence-electron chi connectivity index (χ4n) is 7.02. The number of allylic oxidation sites excluding steroid dienone is 1. The Labute approximate surface area is 309 Å². The zero-order chi connectivity index (χ0) is 37.4. The number of benzene rings is 1. The summed E-state index contributed by atoms with van der Waals surface area (Å²) in [6.45, 7) is 6.55. The molecule has 2 saturated carbocycles. The maximum absolute atomic E-state index is 14.3. The number of fused-ring (bicyclic) bond motifs is 3. The van der Waals surface area contributed by atoms with Crippen LogP contribution < -0.4 is 19.5 Å². The van der Waals surface area contributed by atoms with Gasteiger partial charge in [-0.15, -0.1) is 11.3 Å². The smallest absolute Gasteiger partial charge is 0.303 e. The molecule has 2 aromatic heterocycles. The van der Waals surface area contributed by atoms with Crippen molar-refractivity contribution in [3.05, 3.63) is 47.5 Å². The van der Waals surface area contributed by atoms with Crippen molar-refractivity contribution >= 4 is 50.2 Å². The van der Waals surface area contributed by atoms with Gasteiger partial charge >= 0.3 is 10.2 Å². The zero-order valence-corrected chi connectivity index (χ0v) is 32.2. The first kappa shape index (κ1) is 37.7. The largest absolute Gasteiger partial charge is 0.497 e. The second kappa shape index (κ2) is 15.1. The normalized spacial score (nSPS) is 25.4. The molecule has 0 bridgehead atoms. The average Bonchev–Trinajstić information content (AvgIpc) is 3.42. The summed E-state index contributed by atoms with van der Waals surface area (Å²) in [7, 11) is 0.609. The third-order valence-electron chi connectivity index (χ3n) is 10.5. The molecular formula is C37H48N6O7S2. The van der Waals surface area contributed by atoms with Gasteiger partial charge in [-0.3, -0.25) is 14.4 Å². The van der Waals surface area contributed by atoms with Crippen LogP contribution in [0.5, 0.6) is 11.5 Å². The van der Waals surface area contributed by atoms with Gasteiger partial charge in [0, 0.05) is 56.0 Å². The van der Waals surface area contributed by atoms with Gasteiger partial charge < -0.3 is 19.7 Å². The number of nitrogens with one attached hydrogen (secondary N) is 2. The lowest BCUT2D eigenvalue weighted by Crippen LogP contribution is -2.55. The van der Waals surface area contributed by atoms with Gasteiger partial charge in [0.1, 0.15) is 33.8 Å². The van der Waals surface area contributed by atoms with Gasteiger partial charge in [-0.25, -0.2) is 14.7 Å². The molecule has 2 N–H and O–H groups in total. The van der Waals surface area contributed by atoms with Crippen LogP contribution in [0.15, 0.2) is 41.8 Å². The number of carbonyl (C=O) groups is 3. The maximum atomic E-state index is 14.3. The summed E-state index contributed by atoms with van der Waals surface area (Å²) in [5.74, 6) is -1.89. The zero-order valence-electron chi connectivity index (χ0n) is 30.5. The average molecular weight is 753 g/mol. The first-order valence-electron chi connectivity index (χ1n) is 17.9. The Morgan fingerprint density at radius 3 is 2.65 bits per heavy atom. The van der Waals surface area contributed by atoms with E-state index in [0.29, 0.717) is 29.3 Å². The molecule has 1 aromatic carbocycles. The molecule has 0 unspecified atom stereocenters. The number of hydrogen-bond donors (Lipinski definition) is 2. The minimum atomic E-state index is -4.11. The summed E-state index contributed by atoms with van der Waals surface area (Å²) in [4.78, 5) is 53.3. The predicted octanol–water partition coefficient (Wildman–Crippen LogP) is 4.65. The Morgan fingerprint density at radius 1 is 1.17 bits per heavy atom. The molecule has 13 nitrogen and oxygen atoms in total. The van der Waals surface area contributed by atoms with E-state index in [1.165, 1.54) is 18.4 Å². The van der Waals surface area contributed by atoms with Crippen molar-refractivity contribution in [3.8, 4) is 22.2 Å². The van der Waals surface area contributed by atoms with E-state index in [1.807, 2.05) is 41.8 Å². The second-order valence-corrected chi connectivity index (χ2v) is 17.0. The van der Waals surface area contributed by atoms with Crippen molar-refractivity contribution in [2.75, 3.05) is 34.3 Å². The number of ether oxygens (including phenoxy) is 2. The number of amides is 3. The fourth-order valence-corrected chi connectivity index (χ4v) is 8.88. The summed E-state index contributed by atoms with van der Waals surface area (Å²) >= 11 is 1.50. The Balaban J connectivity index is 1.32. The van der Waals surface area contributed by atoms with Crippen LogP contribution in [0.25, 0.3) is 21.6 Å². The number of carbonyl (C=O) groups excluding carboxylic acids is 3. The van der Waals surface area contributed by atoms with Crippen molar-refractivity contribution < 1.29 is 32.3 Å². The van der Waals surface area contributed by atoms with Crippen LogP contribution in [0.4, 0.5) is 0 Å². The summed E-state index contributed by atoms with van der Waals surface area (Å²) < 4.78 is 41.1. The van der Waals surface area contributed by atoms with Gasteiger partial charge in [0.15, 0.2) is 0 Å². The van der Waals surface area contributed by atoms with E-state index >= 15 is 0 Å². The van der Waals surface area contributed by atoms with Crippen LogP contribution in [-0.2, 0) is 24.6 Å². The molecule has 3 amide bonds. The molecule has 3 aliphatic rings. The number of thiazole rings is 1. The van der Waals surface area contributed by atoms with Gasteiger partial charge in [0.25, 0.3) is 5.91 Å². The number of hydrogen-bond acceptors (Lipinski definition) is 10. The molecular weight excluding hydrogens is 705 g/mol. The highest BCUT2D eigenvalue weighted by molar-refractivity contribution is 7.87. The fraction of sp³-hybridized carbons (Fsp3) is 0.541. The molecule has 6 rings (SSSR count). The minimum Gasteiger partial charge on any atom is -0.497 e. The van der Waals surface area contributed by atoms with Crippen LogP contribution in [0.1, 0.15) is 70.9 Å². The van der Waals surface area contributed by atoms with Crippen LogP contribution in [-0.4, -0.2) is 91.2 Å². The molecule has 3 heterocycles. The topological polar surface area (TPSA) is 160 Å². The summed E-state index contributed by atoms with van der Waals surface area (Å²) in [6, 6.07) is 7.41. The number of rotatable bonds is 9. The van der Waals surface area contributed by atoms with Crippen LogP contribution in [0.2, 0.25) is 0 Å². The highest BCUT2D eigenvalue weighted by Crippen LogP contribution is 2.47. The highest BCUT2D eigenvalue weighted by Gasteiger charge is 2.62. The lowest BCUT2D eigenvalue weighted by atomic mass is 9.93. The van der Waals surface area contributed by atoms with Gasteiger partial charge in [-0.2, -0.15) is 12.7 Å². The highest BCUT2D eigenvalue weighted by atomic mass is 32.2. The molecule has 2 aliphatic carbocycles. The third kappa shape index (κ3) is 7.67. The van der Waals surface area contributed by atoms with Crippen LogP contribution >= 0.6 is 11.3 Å². The van der Waals surface area contributed by atoms with Crippen molar-refractivity contribution in [2.24, 2.45) is 17.8 Å². The molecule has 2 fully saturated rings. The minimum absolute atomic E-state index is 0.161. The van der Waals surface area contributed by atoms with Crippen molar-refractivity contribution in [1.29, 1.82) is 0 Å². The predicted molar refractivity (Wildman–Crippen MR) is 199 cm³/mol. The van der Waals surface area contributed by atoms with Crippen LogP contribution in [0.3, 0.4) is 0 Å². The Morgan fingerprint density at radius 2 is 1.94 bits per heavy atom. The van der Waals surface area contributed by atoms with Crippen molar-refractivity contribution in [3.63, 3.8) is 0 Å². The van der Waals surface area contributed by atoms with E-state index < -0.39 is 45.5 Å². The lowest BCUT2D eigenvalue weighted by molar-refractivity contribution is -0.140. The first-order chi connectivity index (χ1) is 24.8. The third-order valence-corrected chi connectivity index (χ3v) is 12.9. The number of methoxy groups -OCH3 is 1. The molecule has 280 valence electrons. The quantitative estimate of drug-likeness (QED) is 0.297. The first-order valence-corrected chi connectivity index (χ1v) is 20.2. The molecule has 0 radical (unpaired) electrons. The Bertz CT molecular complexity index is 1980. The SMILES string of the molecule is CCN(C)S(=O)(=O)NC(=O)[C@@]12C[C@H]1C=CCCCCN(C)C(=O)[C@@H]1C[C@H](Oc3cc(-c4nc(C(C)C)cs4)nc4cc(OC)ccc34)C[C@H]1C(=O)N2. The molecule has 15 heteroatoms. The lowest BCUT2D eigenvalue weighted by Gasteiger charge is -2.27. The number of nitrogens with zero attached hydrogens (tertiary/aromatic N) is 4. The van der Waals surface area contributed by atoms with Crippen molar-refractivity contribution in [1.82, 2.24) is 29.2 Å². The molecule has 0 saturated heterocycles. The molecule has 5 atom stereocenters. The van der Waals surface area contributed by atoms with E-state index in [0.717, 1.165) is 39.7 Å². The van der Waals surface area contributed by atoms with E-state index in [4.69, 9.17) is 19.4 Å². The summed E-state index contributed by atoms with van der Waals surface area (Å²) in [5.41, 5.74) is 0.815. The Kier molecular flexibility index (Phi) is 10.9. The van der Waals surface area contributed by atoms with Gasteiger partial charge in [0.2, 0.25) is 11.8 Å². The summed E-state index contributed by atoms with van der Waals surface area (Å²) in [6.07, 6.45) is 6.43. The van der Waals surface area contributed by atoms with Crippen molar-refractivity contribution in [2.45, 2.75) is 76.9 Å². The second-order valence-electron chi connectivity index (χ2n) is 14.4. The standard InChI is InChI=1S/C37H48N6O7S2/c1-7-43(5)52(47,48)41-36(46)37-20-23(37)12-10-8-9-11-15-42(4)35(45)28-17-25(16-27(28)33(44)40-37)50-32-19-30(34-39-31(21-51-34)22(2)3)38-29-18-24(49-6)13-14-26(29)32/h10,12-14,18-19,21-23,25,27-28H,7-9,11,15-17,20H2,1-6H3,(H,40,44)(H,41,46)/t23-,25-,27-,28-,37-/m1/s1. The molecule has 52 heavy (non-hydrogen) atoms. The van der Waals surface area contributed by atoms with Crippen LogP contribution in [0, 0.1) is 17.8 Å². The number of aromatic nitrogens is 2. The maximum Gasteiger partial charge on any atom is 0.303 e. The Hall–Kier alpha value is -4.08. The van der Waals surface area contributed by atoms with Gasteiger partial charge in [-0.1, -0.05) is 32.9 Å². The van der Waals surface area contributed by atoms with E-state index in [9.17, 15) is 22.8 Å².